The maximum absolute atomic E-state index is 11.5. The molecular weight excluding hydrogens is 258 g/mol. The summed E-state index contributed by atoms with van der Waals surface area (Å²) in [6.45, 7) is 0. The van der Waals surface area contributed by atoms with Gasteiger partial charge >= 0.3 is 5.97 Å². The van der Waals surface area contributed by atoms with Crippen molar-refractivity contribution in [1.82, 2.24) is 5.32 Å². The van der Waals surface area contributed by atoms with Crippen molar-refractivity contribution >= 4 is 29.3 Å². The Labute approximate surface area is 110 Å². The summed E-state index contributed by atoms with van der Waals surface area (Å²) in [5, 5.41) is 4.01. The molecule has 1 N–H and O–H groups in total. The lowest BCUT2D eigenvalue weighted by Crippen LogP contribution is -2.45. The minimum Gasteiger partial charge on any atom is -0.468 e. The largest absolute Gasteiger partial charge is 0.468 e. The van der Waals surface area contributed by atoms with Crippen LogP contribution in [0.5, 0.6) is 0 Å². The van der Waals surface area contributed by atoms with Gasteiger partial charge in [-0.3, -0.25) is 10.1 Å². The van der Waals surface area contributed by atoms with Gasteiger partial charge in [-0.1, -0.05) is 29.8 Å². The van der Waals surface area contributed by atoms with Crippen LogP contribution >= 0.6 is 23.4 Å². The highest BCUT2D eigenvalue weighted by atomic mass is 35.5. The highest BCUT2D eigenvalue weighted by molar-refractivity contribution is 7.99. The molecule has 1 aliphatic rings. The van der Waals surface area contributed by atoms with Gasteiger partial charge in [0.05, 0.1) is 7.11 Å². The minimum absolute atomic E-state index is 0.103. The fourth-order valence-electron chi connectivity index (χ4n) is 1.86. The Morgan fingerprint density at radius 3 is 2.94 bits per heavy atom. The number of esters is 1. The zero-order valence-electron chi connectivity index (χ0n) is 9.48. The third-order valence-corrected chi connectivity index (χ3v) is 4.22. The Bertz CT molecular complexity index is 413. The third-order valence-electron chi connectivity index (χ3n) is 2.74. The second-order valence-corrected chi connectivity index (χ2v) is 5.34. The van der Waals surface area contributed by atoms with E-state index in [1.54, 1.807) is 11.8 Å². The van der Waals surface area contributed by atoms with Crippen LogP contribution in [0.3, 0.4) is 0 Å². The predicted octanol–water partition coefficient (Wildman–Crippen LogP) is 2.26. The quantitative estimate of drug-likeness (QED) is 0.838. The lowest BCUT2D eigenvalue weighted by atomic mass is 10.1. The molecule has 1 heterocycles. The van der Waals surface area contributed by atoms with E-state index in [-0.39, 0.29) is 18.1 Å². The standard InChI is InChI=1S/C12H14ClNO2S/c1-16-12(15)11-7-17-6-10(14-11)8-4-2-3-5-9(8)13/h2-5,10-11,14H,6-7H2,1H3. The molecule has 2 unspecified atom stereocenters. The van der Waals surface area contributed by atoms with Gasteiger partial charge in [0.2, 0.25) is 0 Å². The molecule has 0 aliphatic carbocycles. The summed E-state index contributed by atoms with van der Waals surface area (Å²) in [6, 6.07) is 7.56. The van der Waals surface area contributed by atoms with E-state index in [9.17, 15) is 4.79 Å². The summed E-state index contributed by atoms with van der Waals surface area (Å²) in [5.74, 6) is 1.44. The van der Waals surface area contributed by atoms with Crippen molar-refractivity contribution in [2.45, 2.75) is 12.1 Å². The monoisotopic (exact) mass is 271 g/mol. The summed E-state index contributed by atoms with van der Waals surface area (Å²) in [4.78, 5) is 11.5. The zero-order valence-corrected chi connectivity index (χ0v) is 11.1. The lowest BCUT2D eigenvalue weighted by Gasteiger charge is -2.29. The normalized spacial score (nSPS) is 24.4. The van der Waals surface area contributed by atoms with E-state index in [2.05, 4.69) is 5.32 Å². The van der Waals surface area contributed by atoms with Crippen molar-refractivity contribution in [3.8, 4) is 0 Å². The average Bonchev–Trinajstić information content (AvgIpc) is 2.38. The molecule has 1 saturated heterocycles. The van der Waals surface area contributed by atoms with Gasteiger partial charge in [0.25, 0.3) is 0 Å². The minimum atomic E-state index is -0.250. The van der Waals surface area contributed by atoms with E-state index >= 15 is 0 Å². The molecule has 0 spiro atoms. The summed E-state index contributed by atoms with van der Waals surface area (Å²) in [5.41, 5.74) is 1.04. The number of carbonyl (C=O) groups excluding carboxylic acids is 1. The molecule has 0 bridgehead atoms. The number of hydrogen-bond acceptors (Lipinski definition) is 4. The molecular formula is C12H14ClNO2S. The maximum atomic E-state index is 11.5. The second kappa shape index (κ2) is 5.76. The molecule has 5 heteroatoms. The van der Waals surface area contributed by atoms with Gasteiger partial charge in [0.15, 0.2) is 0 Å². The SMILES string of the molecule is COC(=O)C1CSCC(c2ccccc2Cl)N1. The number of carbonyl (C=O) groups is 1. The van der Waals surface area contributed by atoms with Gasteiger partial charge in [-0.25, -0.2) is 0 Å². The molecule has 2 rings (SSSR count). The van der Waals surface area contributed by atoms with Crippen LogP contribution in [0.15, 0.2) is 24.3 Å². The van der Waals surface area contributed by atoms with Gasteiger partial charge in [-0.15, -0.1) is 0 Å². The van der Waals surface area contributed by atoms with Crippen LogP contribution in [0.4, 0.5) is 0 Å². The van der Waals surface area contributed by atoms with E-state index in [1.807, 2.05) is 24.3 Å². The van der Waals surface area contributed by atoms with Gasteiger partial charge < -0.3 is 4.74 Å². The Kier molecular flexibility index (Phi) is 4.31. The fraction of sp³-hybridized carbons (Fsp3) is 0.417. The Morgan fingerprint density at radius 2 is 2.24 bits per heavy atom. The molecule has 0 amide bonds. The first kappa shape index (κ1) is 12.7. The van der Waals surface area contributed by atoms with Gasteiger partial charge in [-0.05, 0) is 11.6 Å². The number of halogens is 1. The average molecular weight is 272 g/mol. The Morgan fingerprint density at radius 1 is 1.47 bits per heavy atom. The number of thioether (sulfide) groups is 1. The van der Waals surface area contributed by atoms with Crippen LogP contribution in [0, 0.1) is 0 Å². The molecule has 3 nitrogen and oxygen atoms in total. The van der Waals surface area contributed by atoms with Gasteiger partial charge in [-0.2, -0.15) is 11.8 Å². The number of ether oxygens (including phenoxy) is 1. The van der Waals surface area contributed by atoms with Crippen LogP contribution in [-0.2, 0) is 9.53 Å². The van der Waals surface area contributed by atoms with Gasteiger partial charge in [0.1, 0.15) is 6.04 Å². The number of benzene rings is 1. The van der Waals surface area contributed by atoms with Crippen molar-refractivity contribution in [3.63, 3.8) is 0 Å². The van der Waals surface area contributed by atoms with Crippen molar-refractivity contribution < 1.29 is 9.53 Å². The summed E-state index contributed by atoms with van der Waals surface area (Å²) in [7, 11) is 1.41. The molecule has 1 aromatic rings. The smallest absolute Gasteiger partial charge is 0.323 e. The molecule has 0 aromatic heterocycles. The number of hydrogen-bond donors (Lipinski definition) is 1. The maximum Gasteiger partial charge on any atom is 0.323 e. The molecule has 1 aromatic carbocycles. The highest BCUT2D eigenvalue weighted by Gasteiger charge is 2.28. The van der Waals surface area contributed by atoms with E-state index < -0.39 is 0 Å². The molecule has 17 heavy (non-hydrogen) atoms. The van der Waals surface area contributed by atoms with Crippen molar-refractivity contribution in [3.05, 3.63) is 34.9 Å². The molecule has 92 valence electrons. The first-order valence-corrected chi connectivity index (χ1v) is 6.91. The predicted molar refractivity (Wildman–Crippen MR) is 70.5 cm³/mol. The third kappa shape index (κ3) is 2.94. The first-order chi connectivity index (χ1) is 8.22. The van der Waals surface area contributed by atoms with Crippen LogP contribution < -0.4 is 5.32 Å². The molecule has 0 radical (unpaired) electrons. The van der Waals surface area contributed by atoms with Crippen molar-refractivity contribution in [2.24, 2.45) is 0 Å². The Hall–Kier alpha value is -0.710. The van der Waals surface area contributed by atoms with Crippen LogP contribution in [0.25, 0.3) is 0 Å². The second-order valence-electron chi connectivity index (χ2n) is 3.85. The van der Waals surface area contributed by atoms with E-state index in [4.69, 9.17) is 16.3 Å². The molecule has 0 saturated carbocycles. The summed E-state index contributed by atoms with van der Waals surface area (Å²) in [6.07, 6.45) is 0. The fourth-order valence-corrected chi connectivity index (χ4v) is 3.24. The van der Waals surface area contributed by atoms with E-state index in [0.717, 1.165) is 22.1 Å². The number of methoxy groups -OCH3 is 1. The first-order valence-electron chi connectivity index (χ1n) is 5.38. The van der Waals surface area contributed by atoms with E-state index in [1.165, 1.54) is 7.11 Å². The zero-order chi connectivity index (χ0) is 12.3. The Balaban J connectivity index is 2.12. The summed E-state index contributed by atoms with van der Waals surface area (Å²) < 4.78 is 4.76. The van der Waals surface area contributed by atoms with E-state index in [0.29, 0.717) is 0 Å². The number of rotatable bonds is 2. The molecule has 1 aliphatic heterocycles. The van der Waals surface area contributed by atoms with Crippen LogP contribution in [0.1, 0.15) is 11.6 Å². The molecule has 1 fully saturated rings. The topological polar surface area (TPSA) is 38.3 Å². The summed E-state index contributed by atoms with van der Waals surface area (Å²) >= 11 is 7.89. The number of nitrogens with one attached hydrogen (secondary N) is 1. The molecule has 2 atom stereocenters. The van der Waals surface area contributed by atoms with Gasteiger partial charge in [0, 0.05) is 22.6 Å². The van der Waals surface area contributed by atoms with Crippen molar-refractivity contribution in [2.75, 3.05) is 18.6 Å². The highest BCUT2D eigenvalue weighted by Crippen LogP contribution is 2.29. The van der Waals surface area contributed by atoms with Crippen LogP contribution in [-0.4, -0.2) is 30.6 Å². The van der Waals surface area contributed by atoms with Crippen molar-refractivity contribution in [1.29, 1.82) is 0 Å². The lowest BCUT2D eigenvalue weighted by molar-refractivity contribution is -0.142. The van der Waals surface area contributed by atoms with Crippen LogP contribution in [0.2, 0.25) is 5.02 Å².